The van der Waals surface area contributed by atoms with Gasteiger partial charge in [0, 0.05) is 5.56 Å². The zero-order chi connectivity index (χ0) is 12.5. The van der Waals surface area contributed by atoms with E-state index in [4.69, 9.17) is 0 Å². The van der Waals surface area contributed by atoms with E-state index in [1.54, 1.807) is 0 Å². The molecule has 6 heteroatoms. The molecule has 0 saturated heterocycles. The molecular weight excluding hydrogens is 231 g/mol. The van der Waals surface area contributed by atoms with Gasteiger partial charge in [0.25, 0.3) is 0 Å². The van der Waals surface area contributed by atoms with Gasteiger partial charge in [0.05, 0.1) is 5.56 Å². The highest BCUT2D eigenvalue weighted by molar-refractivity contribution is 6.01. The van der Waals surface area contributed by atoms with Crippen molar-refractivity contribution in [2.45, 2.75) is 19.5 Å². The number of ketones is 1. The first-order valence-electron chi connectivity index (χ1n) is 4.24. The predicted molar refractivity (Wildman–Crippen MR) is 46.5 cm³/mol. The van der Waals surface area contributed by atoms with Gasteiger partial charge >= 0.3 is 12.6 Å². The molecule has 0 aliphatic heterocycles. The topological polar surface area (TPSA) is 17.1 Å². The number of rotatable bonds is 2. The summed E-state index contributed by atoms with van der Waals surface area (Å²) in [6.45, 7) is 1.19. The van der Waals surface area contributed by atoms with Crippen molar-refractivity contribution in [1.82, 2.24) is 0 Å². The summed E-state index contributed by atoms with van der Waals surface area (Å²) in [5, 5.41) is 0. The first-order valence-corrected chi connectivity index (χ1v) is 4.24. The van der Waals surface area contributed by atoms with E-state index in [-0.39, 0.29) is 5.56 Å². The second-order valence-electron chi connectivity index (χ2n) is 3.16. The van der Waals surface area contributed by atoms with Crippen LogP contribution in [0.5, 0.6) is 0 Å². The summed E-state index contributed by atoms with van der Waals surface area (Å²) in [6.07, 6.45) is -8.26. The maximum atomic E-state index is 12.5. The fourth-order valence-electron chi connectivity index (χ4n) is 1.34. The highest BCUT2D eigenvalue weighted by atomic mass is 19.4. The lowest BCUT2D eigenvalue weighted by Crippen LogP contribution is -2.19. The standard InChI is InChI=1S/C10H7F5O/c1-5-3-2-4-6(10(13,14)15)7(5)8(16)9(11)12/h2-4,9H,1H3. The number of alkyl halides is 5. The van der Waals surface area contributed by atoms with Gasteiger partial charge in [-0.3, -0.25) is 4.79 Å². The zero-order valence-corrected chi connectivity index (χ0v) is 8.11. The molecule has 0 aromatic heterocycles. The van der Waals surface area contributed by atoms with E-state index in [0.29, 0.717) is 6.07 Å². The maximum absolute atomic E-state index is 12.5. The average molecular weight is 238 g/mol. The average Bonchev–Trinajstić information content (AvgIpc) is 2.14. The smallest absolute Gasteiger partial charge is 0.288 e. The number of carbonyl (C=O) groups excluding carboxylic acids is 1. The van der Waals surface area contributed by atoms with Crippen LogP contribution in [0.25, 0.3) is 0 Å². The minimum atomic E-state index is -4.81. The van der Waals surface area contributed by atoms with E-state index >= 15 is 0 Å². The van der Waals surface area contributed by atoms with Crippen LogP contribution in [0, 0.1) is 6.92 Å². The van der Waals surface area contributed by atoms with Crippen LogP contribution in [0.4, 0.5) is 22.0 Å². The first kappa shape index (κ1) is 12.6. The zero-order valence-electron chi connectivity index (χ0n) is 8.11. The molecule has 0 atom stereocenters. The van der Waals surface area contributed by atoms with E-state index in [2.05, 4.69) is 0 Å². The molecule has 1 aromatic carbocycles. The fraction of sp³-hybridized carbons (Fsp3) is 0.300. The molecule has 0 spiro atoms. The Balaban J connectivity index is 3.41. The van der Waals surface area contributed by atoms with Crippen molar-refractivity contribution in [2.24, 2.45) is 0 Å². The molecule has 0 heterocycles. The fourth-order valence-corrected chi connectivity index (χ4v) is 1.34. The summed E-state index contributed by atoms with van der Waals surface area (Å²) in [4.78, 5) is 11.0. The van der Waals surface area contributed by atoms with Crippen LogP contribution in [0.3, 0.4) is 0 Å². The third-order valence-corrected chi connectivity index (χ3v) is 2.02. The van der Waals surface area contributed by atoms with Crippen LogP contribution in [0.1, 0.15) is 21.5 Å². The summed E-state index contributed by atoms with van der Waals surface area (Å²) < 4.78 is 61.7. The number of carbonyl (C=O) groups is 1. The van der Waals surface area contributed by atoms with Crippen molar-refractivity contribution in [2.75, 3.05) is 0 Å². The van der Waals surface area contributed by atoms with Gasteiger partial charge in [-0.1, -0.05) is 12.1 Å². The molecule has 0 N–H and O–H groups in total. The number of aryl methyl sites for hydroxylation is 1. The Morgan fingerprint density at radius 2 is 1.81 bits per heavy atom. The SMILES string of the molecule is Cc1cccc(C(F)(F)F)c1C(=O)C(F)F. The second kappa shape index (κ2) is 4.19. The Kier molecular flexibility index (Phi) is 3.30. The van der Waals surface area contributed by atoms with E-state index in [9.17, 15) is 26.7 Å². The van der Waals surface area contributed by atoms with Crippen molar-refractivity contribution in [3.63, 3.8) is 0 Å². The van der Waals surface area contributed by atoms with E-state index < -0.39 is 29.5 Å². The van der Waals surface area contributed by atoms with Crippen LogP contribution in [0.2, 0.25) is 0 Å². The van der Waals surface area contributed by atoms with Crippen molar-refractivity contribution < 1.29 is 26.7 Å². The van der Waals surface area contributed by atoms with Crippen molar-refractivity contribution in [3.05, 3.63) is 34.9 Å². The molecule has 0 amide bonds. The van der Waals surface area contributed by atoms with Crippen LogP contribution in [-0.2, 0) is 6.18 Å². The molecule has 0 radical (unpaired) electrons. The molecule has 16 heavy (non-hydrogen) atoms. The maximum Gasteiger partial charge on any atom is 0.417 e. The third-order valence-electron chi connectivity index (χ3n) is 2.02. The summed E-state index contributed by atoms with van der Waals surface area (Å²) in [5.41, 5.74) is -2.39. The third kappa shape index (κ3) is 2.37. The molecule has 0 bridgehead atoms. The molecule has 0 unspecified atom stereocenters. The second-order valence-corrected chi connectivity index (χ2v) is 3.16. The number of hydrogen-bond donors (Lipinski definition) is 0. The largest absolute Gasteiger partial charge is 0.417 e. The van der Waals surface area contributed by atoms with Crippen LogP contribution >= 0.6 is 0 Å². The normalized spacial score (nSPS) is 11.9. The van der Waals surface area contributed by atoms with Crippen molar-refractivity contribution in [1.29, 1.82) is 0 Å². The van der Waals surface area contributed by atoms with Gasteiger partial charge in [-0.05, 0) is 18.6 Å². The molecular formula is C10H7F5O. The van der Waals surface area contributed by atoms with Gasteiger partial charge < -0.3 is 0 Å². The van der Waals surface area contributed by atoms with Gasteiger partial charge in [0.1, 0.15) is 0 Å². The van der Waals surface area contributed by atoms with Gasteiger partial charge in [0.15, 0.2) is 0 Å². The number of Topliss-reactive ketones (excluding diaryl/α,β-unsaturated/α-hetero) is 1. The quantitative estimate of drug-likeness (QED) is 0.569. The molecule has 1 aromatic rings. The minimum Gasteiger partial charge on any atom is -0.288 e. The summed E-state index contributed by atoms with van der Waals surface area (Å²) >= 11 is 0. The van der Waals surface area contributed by atoms with Crippen molar-refractivity contribution >= 4 is 5.78 Å². The van der Waals surface area contributed by atoms with Gasteiger partial charge in [-0.15, -0.1) is 0 Å². The van der Waals surface area contributed by atoms with E-state index in [0.717, 1.165) is 6.07 Å². The number of halogens is 5. The van der Waals surface area contributed by atoms with Crippen molar-refractivity contribution in [3.8, 4) is 0 Å². The first-order chi connectivity index (χ1) is 7.25. The molecule has 0 aliphatic rings. The Labute approximate surface area is 87.9 Å². The Morgan fingerprint density at radius 3 is 2.25 bits per heavy atom. The summed E-state index contributed by atoms with van der Waals surface area (Å²) in [6, 6.07) is 2.87. The number of benzene rings is 1. The molecule has 0 aliphatic carbocycles. The van der Waals surface area contributed by atoms with Crippen LogP contribution in [0.15, 0.2) is 18.2 Å². The molecule has 1 nitrogen and oxygen atoms in total. The highest BCUT2D eigenvalue weighted by Crippen LogP contribution is 2.34. The van der Waals surface area contributed by atoms with E-state index in [1.165, 1.54) is 13.0 Å². The lowest BCUT2D eigenvalue weighted by molar-refractivity contribution is -0.138. The molecule has 0 fully saturated rings. The monoisotopic (exact) mass is 238 g/mol. The summed E-state index contributed by atoms with van der Waals surface area (Å²) in [7, 11) is 0. The molecule has 1 rings (SSSR count). The Hall–Kier alpha value is -1.46. The molecule has 88 valence electrons. The summed E-state index contributed by atoms with van der Waals surface area (Å²) in [5.74, 6) is -1.80. The Bertz CT molecular complexity index is 408. The number of hydrogen-bond acceptors (Lipinski definition) is 1. The lowest BCUT2D eigenvalue weighted by atomic mass is 9.98. The molecule has 0 saturated carbocycles. The van der Waals surface area contributed by atoms with Gasteiger partial charge in [-0.2, -0.15) is 13.2 Å². The van der Waals surface area contributed by atoms with Gasteiger partial charge in [0.2, 0.25) is 5.78 Å². The predicted octanol–water partition coefficient (Wildman–Crippen LogP) is 3.46. The highest BCUT2D eigenvalue weighted by Gasteiger charge is 2.37. The Morgan fingerprint density at radius 1 is 1.25 bits per heavy atom. The van der Waals surface area contributed by atoms with Gasteiger partial charge in [-0.25, -0.2) is 8.78 Å². The minimum absolute atomic E-state index is 0.111. The lowest BCUT2D eigenvalue weighted by Gasteiger charge is -2.13. The van der Waals surface area contributed by atoms with E-state index in [1.807, 2.05) is 0 Å². The van der Waals surface area contributed by atoms with Crippen LogP contribution < -0.4 is 0 Å². The van der Waals surface area contributed by atoms with Crippen LogP contribution in [-0.4, -0.2) is 12.2 Å².